The van der Waals surface area contributed by atoms with Crippen molar-refractivity contribution in [3.05, 3.63) is 71.8 Å². The molecule has 0 heterocycles. The fraction of sp³-hybridized carbons (Fsp3) is 0.273. The number of esters is 1. The SMILES string of the molecule is N[C@@H](CCCCNOC(=O)c1ccccc1)C(=O)OCC=NOC(=O)c1ccccc1. The van der Waals surface area contributed by atoms with E-state index < -0.39 is 23.9 Å². The molecule has 9 heteroatoms. The molecular weight excluding hydrogens is 402 g/mol. The van der Waals surface area contributed by atoms with Crippen LogP contribution in [0.25, 0.3) is 0 Å². The van der Waals surface area contributed by atoms with Crippen LogP contribution in [0, 0.1) is 0 Å². The van der Waals surface area contributed by atoms with E-state index in [9.17, 15) is 14.4 Å². The molecule has 2 rings (SSSR count). The van der Waals surface area contributed by atoms with Crippen molar-refractivity contribution in [3.63, 3.8) is 0 Å². The molecule has 0 saturated heterocycles. The third-order valence-corrected chi connectivity index (χ3v) is 4.04. The highest BCUT2D eigenvalue weighted by Gasteiger charge is 2.14. The number of oxime groups is 1. The largest absolute Gasteiger partial charge is 0.459 e. The van der Waals surface area contributed by atoms with Gasteiger partial charge in [-0.25, -0.2) is 9.59 Å². The first-order valence-electron chi connectivity index (χ1n) is 9.77. The topological polar surface area (TPSA) is 129 Å². The predicted molar refractivity (Wildman–Crippen MR) is 113 cm³/mol. The van der Waals surface area contributed by atoms with Gasteiger partial charge in [0.15, 0.2) is 0 Å². The summed E-state index contributed by atoms with van der Waals surface area (Å²) in [5, 5.41) is 3.47. The second kappa shape index (κ2) is 13.6. The number of nitrogens with one attached hydrogen (secondary N) is 1. The van der Waals surface area contributed by atoms with Crippen molar-refractivity contribution >= 4 is 24.1 Å². The summed E-state index contributed by atoms with van der Waals surface area (Å²) in [5.74, 6) is -1.65. The molecule has 0 spiro atoms. The Morgan fingerprint density at radius 1 is 0.935 bits per heavy atom. The predicted octanol–water partition coefficient (Wildman–Crippen LogP) is 2.23. The second-order valence-electron chi connectivity index (χ2n) is 6.41. The van der Waals surface area contributed by atoms with Gasteiger partial charge in [-0.15, -0.1) is 0 Å². The number of nitrogens with two attached hydrogens (primary N) is 1. The zero-order chi connectivity index (χ0) is 22.3. The smallest absolute Gasteiger partial charge is 0.365 e. The van der Waals surface area contributed by atoms with Gasteiger partial charge in [0.2, 0.25) is 0 Å². The molecule has 0 fully saturated rings. The summed E-state index contributed by atoms with van der Waals surface area (Å²) in [5.41, 5.74) is 9.20. The van der Waals surface area contributed by atoms with E-state index >= 15 is 0 Å². The Labute approximate surface area is 180 Å². The van der Waals surface area contributed by atoms with E-state index in [0.29, 0.717) is 36.9 Å². The molecule has 0 aliphatic rings. The van der Waals surface area contributed by atoms with E-state index in [1.807, 2.05) is 6.07 Å². The van der Waals surface area contributed by atoms with Gasteiger partial charge in [0.25, 0.3) is 0 Å². The number of unbranched alkanes of at least 4 members (excludes halogenated alkanes) is 1. The van der Waals surface area contributed by atoms with Gasteiger partial charge >= 0.3 is 17.9 Å². The van der Waals surface area contributed by atoms with Gasteiger partial charge in [-0.3, -0.25) is 4.79 Å². The van der Waals surface area contributed by atoms with Crippen LogP contribution in [0.15, 0.2) is 65.8 Å². The molecule has 0 bridgehead atoms. The van der Waals surface area contributed by atoms with Crippen molar-refractivity contribution in [2.75, 3.05) is 13.2 Å². The summed E-state index contributed by atoms with van der Waals surface area (Å²) in [7, 11) is 0. The maximum atomic E-state index is 11.8. The average Bonchev–Trinajstić information content (AvgIpc) is 2.81. The van der Waals surface area contributed by atoms with Gasteiger partial charge < -0.3 is 20.1 Å². The van der Waals surface area contributed by atoms with Crippen LogP contribution < -0.4 is 11.2 Å². The number of ether oxygens (including phenoxy) is 1. The lowest BCUT2D eigenvalue weighted by molar-refractivity contribution is -0.143. The van der Waals surface area contributed by atoms with Crippen molar-refractivity contribution in [1.82, 2.24) is 5.48 Å². The Morgan fingerprint density at radius 2 is 1.55 bits per heavy atom. The van der Waals surface area contributed by atoms with Crippen molar-refractivity contribution in [2.24, 2.45) is 10.9 Å². The maximum absolute atomic E-state index is 11.8. The van der Waals surface area contributed by atoms with Crippen LogP contribution in [0.3, 0.4) is 0 Å². The minimum atomic E-state index is -0.785. The summed E-state index contributed by atoms with van der Waals surface area (Å²) in [4.78, 5) is 44.8. The number of hydroxylamine groups is 1. The van der Waals surface area contributed by atoms with Gasteiger partial charge in [0.05, 0.1) is 17.3 Å². The quantitative estimate of drug-likeness (QED) is 0.173. The van der Waals surface area contributed by atoms with E-state index in [0.717, 1.165) is 6.21 Å². The molecule has 0 unspecified atom stereocenters. The summed E-state index contributed by atoms with van der Waals surface area (Å²) in [6.07, 6.45) is 2.86. The summed E-state index contributed by atoms with van der Waals surface area (Å²) < 4.78 is 4.96. The Balaban J connectivity index is 1.51. The monoisotopic (exact) mass is 427 g/mol. The lowest BCUT2D eigenvalue weighted by Crippen LogP contribution is -2.32. The number of benzene rings is 2. The van der Waals surface area contributed by atoms with E-state index in [1.165, 1.54) is 0 Å². The molecular formula is C22H25N3O6. The van der Waals surface area contributed by atoms with Crippen LogP contribution in [0.5, 0.6) is 0 Å². The highest BCUT2D eigenvalue weighted by molar-refractivity contribution is 5.89. The molecule has 2 aromatic carbocycles. The lowest BCUT2D eigenvalue weighted by atomic mass is 10.1. The number of carbonyl (C=O) groups is 3. The van der Waals surface area contributed by atoms with Crippen molar-refractivity contribution in [3.8, 4) is 0 Å². The second-order valence-corrected chi connectivity index (χ2v) is 6.41. The first-order chi connectivity index (χ1) is 15.1. The molecule has 0 aliphatic carbocycles. The normalized spacial score (nSPS) is 11.6. The zero-order valence-corrected chi connectivity index (χ0v) is 16.9. The highest BCUT2D eigenvalue weighted by Crippen LogP contribution is 2.03. The lowest BCUT2D eigenvalue weighted by Gasteiger charge is -2.10. The molecule has 0 aromatic heterocycles. The van der Waals surface area contributed by atoms with Crippen molar-refractivity contribution < 1.29 is 28.8 Å². The van der Waals surface area contributed by atoms with Crippen molar-refractivity contribution in [2.45, 2.75) is 25.3 Å². The van der Waals surface area contributed by atoms with E-state index in [2.05, 4.69) is 15.5 Å². The number of hydrogen-bond acceptors (Lipinski definition) is 9. The number of rotatable bonds is 12. The molecule has 0 saturated carbocycles. The van der Waals surface area contributed by atoms with Gasteiger partial charge in [-0.2, -0.15) is 5.48 Å². The summed E-state index contributed by atoms with van der Waals surface area (Å²) >= 11 is 0. The Hall–Kier alpha value is -3.56. The van der Waals surface area contributed by atoms with Gasteiger partial charge in [-0.1, -0.05) is 41.6 Å². The zero-order valence-electron chi connectivity index (χ0n) is 16.9. The Kier molecular flexibility index (Phi) is 10.4. The highest BCUT2D eigenvalue weighted by atomic mass is 16.7. The molecule has 0 radical (unpaired) electrons. The van der Waals surface area contributed by atoms with Gasteiger partial charge in [0, 0.05) is 6.54 Å². The Bertz CT molecular complexity index is 858. The molecule has 0 aliphatic heterocycles. The maximum Gasteiger partial charge on any atom is 0.365 e. The molecule has 9 nitrogen and oxygen atoms in total. The van der Waals surface area contributed by atoms with Crippen LogP contribution in [0.1, 0.15) is 40.0 Å². The molecule has 31 heavy (non-hydrogen) atoms. The third-order valence-electron chi connectivity index (χ3n) is 4.04. The third kappa shape index (κ3) is 9.20. The van der Waals surface area contributed by atoms with E-state index in [1.54, 1.807) is 54.6 Å². The minimum Gasteiger partial charge on any atom is -0.459 e. The number of carbonyl (C=O) groups excluding carboxylic acids is 3. The van der Waals surface area contributed by atoms with Crippen LogP contribution in [-0.4, -0.2) is 43.3 Å². The van der Waals surface area contributed by atoms with Crippen LogP contribution in [-0.2, 0) is 19.2 Å². The fourth-order valence-electron chi connectivity index (χ4n) is 2.40. The first-order valence-corrected chi connectivity index (χ1v) is 9.77. The molecule has 1 atom stereocenters. The average molecular weight is 427 g/mol. The molecule has 0 amide bonds. The van der Waals surface area contributed by atoms with Crippen molar-refractivity contribution in [1.29, 1.82) is 0 Å². The van der Waals surface area contributed by atoms with Crippen LogP contribution in [0.2, 0.25) is 0 Å². The van der Waals surface area contributed by atoms with Crippen LogP contribution >= 0.6 is 0 Å². The number of nitrogens with zero attached hydrogens (tertiary/aromatic N) is 1. The van der Waals surface area contributed by atoms with Gasteiger partial charge in [0.1, 0.15) is 12.6 Å². The van der Waals surface area contributed by atoms with Crippen LogP contribution in [0.4, 0.5) is 0 Å². The fourth-order valence-corrected chi connectivity index (χ4v) is 2.40. The Morgan fingerprint density at radius 3 is 2.19 bits per heavy atom. The minimum absolute atomic E-state index is 0.161. The van der Waals surface area contributed by atoms with Gasteiger partial charge in [-0.05, 0) is 43.5 Å². The summed E-state index contributed by atoms with van der Waals surface area (Å²) in [6.45, 7) is 0.269. The molecule has 3 N–H and O–H groups in total. The molecule has 164 valence electrons. The van der Waals surface area contributed by atoms with E-state index in [4.69, 9.17) is 15.3 Å². The standard InChI is InChI=1S/C22H25N3O6/c23-19(13-7-8-14-24-30-20(26)17-9-3-1-4-10-17)22(28)29-16-15-25-31-21(27)18-11-5-2-6-12-18/h1-6,9-12,15,19,24H,7-8,13-14,16,23H2/t19-/m0/s1. The molecule has 2 aromatic rings. The first kappa shape index (κ1) is 23.7. The summed E-state index contributed by atoms with van der Waals surface area (Å²) in [6, 6.07) is 16.2. The van der Waals surface area contributed by atoms with E-state index in [-0.39, 0.29) is 6.61 Å². The number of hydrogen-bond donors (Lipinski definition) is 2.